The summed E-state index contributed by atoms with van der Waals surface area (Å²) >= 11 is 0. The van der Waals surface area contributed by atoms with E-state index in [1.807, 2.05) is 18.2 Å². The quantitative estimate of drug-likeness (QED) is 0.909. The lowest BCUT2D eigenvalue weighted by atomic mass is 9.95. The zero-order valence-electron chi connectivity index (χ0n) is 12.6. The van der Waals surface area contributed by atoms with Crippen molar-refractivity contribution in [2.75, 3.05) is 0 Å². The summed E-state index contributed by atoms with van der Waals surface area (Å²) in [5.41, 5.74) is 0.530. The van der Waals surface area contributed by atoms with Crippen molar-refractivity contribution in [3.63, 3.8) is 0 Å². The van der Waals surface area contributed by atoms with Gasteiger partial charge >= 0.3 is 0 Å². The number of carbonyl (C=O) groups excluding carboxylic acids is 1. The smallest absolute Gasteiger partial charge is 0.258 e. The van der Waals surface area contributed by atoms with Crippen LogP contribution in [0.4, 0.5) is 0 Å². The number of rotatable bonds is 4. The lowest BCUT2D eigenvalue weighted by Crippen LogP contribution is -2.36. The Morgan fingerprint density at radius 1 is 1.23 bits per heavy atom. The first-order valence-electron chi connectivity index (χ1n) is 8.00. The molecule has 1 saturated carbocycles. The van der Waals surface area contributed by atoms with E-state index in [0.29, 0.717) is 35.6 Å². The van der Waals surface area contributed by atoms with E-state index in [0.717, 1.165) is 12.8 Å². The number of para-hydroxylation sites is 1. The highest BCUT2D eigenvalue weighted by atomic mass is 16.1. The van der Waals surface area contributed by atoms with Crippen LogP contribution in [0.3, 0.4) is 0 Å². The van der Waals surface area contributed by atoms with Gasteiger partial charge in [-0.15, -0.1) is 0 Å². The SMILES string of the molecule is O=C(CCc1nc2ccccc2c(=O)[nH]1)NC1CCCCC1. The van der Waals surface area contributed by atoms with Gasteiger partial charge in [0.1, 0.15) is 5.82 Å². The summed E-state index contributed by atoms with van der Waals surface area (Å²) in [6.45, 7) is 0. The van der Waals surface area contributed by atoms with Gasteiger partial charge in [0.15, 0.2) is 0 Å². The van der Waals surface area contributed by atoms with Crippen LogP contribution in [0.15, 0.2) is 29.1 Å². The van der Waals surface area contributed by atoms with Gasteiger partial charge < -0.3 is 10.3 Å². The second kappa shape index (κ2) is 6.73. The summed E-state index contributed by atoms with van der Waals surface area (Å²) in [6.07, 6.45) is 6.65. The summed E-state index contributed by atoms with van der Waals surface area (Å²) in [5, 5.41) is 3.66. The molecule has 5 heteroatoms. The number of hydrogen-bond acceptors (Lipinski definition) is 3. The van der Waals surface area contributed by atoms with Gasteiger partial charge in [-0.3, -0.25) is 9.59 Å². The number of carbonyl (C=O) groups is 1. The van der Waals surface area contributed by atoms with Gasteiger partial charge in [0.05, 0.1) is 10.9 Å². The van der Waals surface area contributed by atoms with Crippen molar-refractivity contribution in [2.45, 2.75) is 51.0 Å². The topological polar surface area (TPSA) is 74.8 Å². The number of aromatic amines is 1. The molecule has 0 aliphatic heterocycles. The normalized spacial score (nSPS) is 15.8. The number of fused-ring (bicyclic) bond motifs is 1. The lowest BCUT2D eigenvalue weighted by Gasteiger charge is -2.22. The van der Waals surface area contributed by atoms with Crippen molar-refractivity contribution in [3.8, 4) is 0 Å². The number of nitrogens with zero attached hydrogens (tertiary/aromatic N) is 1. The number of hydrogen-bond donors (Lipinski definition) is 2. The zero-order chi connectivity index (χ0) is 15.4. The van der Waals surface area contributed by atoms with Crippen LogP contribution in [-0.4, -0.2) is 21.9 Å². The fraction of sp³-hybridized carbons (Fsp3) is 0.471. The van der Waals surface area contributed by atoms with Crippen LogP contribution in [0.25, 0.3) is 10.9 Å². The summed E-state index contributed by atoms with van der Waals surface area (Å²) in [6, 6.07) is 7.56. The second-order valence-corrected chi connectivity index (χ2v) is 5.93. The molecule has 3 rings (SSSR count). The third kappa shape index (κ3) is 3.53. The van der Waals surface area contributed by atoms with Gasteiger partial charge in [-0.25, -0.2) is 4.98 Å². The summed E-state index contributed by atoms with van der Waals surface area (Å²) in [5.74, 6) is 0.616. The maximum Gasteiger partial charge on any atom is 0.258 e. The van der Waals surface area contributed by atoms with E-state index in [9.17, 15) is 9.59 Å². The average molecular weight is 299 g/mol. The van der Waals surface area contributed by atoms with Crippen molar-refractivity contribution < 1.29 is 4.79 Å². The molecular formula is C17H21N3O2. The van der Waals surface area contributed by atoms with Gasteiger partial charge in [0.25, 0.3) is 5.56 Å². The molecular weight excluding hydrogens is 278 g/mol. The van der Waals surface area contributed by atoms with Crippen LogP contribution in [0, 0.1) is 0 Å². The van der Waals surface area contributed by atoms with Crippen LogP contribution in [0.5, 0.6) is 0 Å². The van der Waals surface area contributed by atoms with Crippen LogP contribution < -0.4 is 10.9 Å². The fourth-order valence-electron chi connectivity index (χ4n) is 3.03. The lowest BCUT2D eigenvalue weighted by molar-refractivity contribution is -0.122. The van der Waals surface area contributed by atoms with Gasteiger partial charge in [-0.2, -0.15) is 0 Å². The van der Waals surface area contributed by atoms with E-state index in [2.05, 4.69) is 15.3 Å². The molecule has 1 amide bonds. The second-order valence-electron chi connectivity index (χ2n) is 5.93. The van der Waals surface area contributed by atoms with Gasteiger partial charge in [0, 0.05) is 18.9 Å². The third-order valence-electron chi connectivity index (χ3n) is 4.22. The molecule has 1 fully saturated rings. The van der Waals surface area contributed by atoms with Gasteiger partial charge in [0.2, 0.25) is 5.91 Å². The van der Waals surface area contributed by atoms with Gasteiger partial charge in [-0.05, 0) is 25.0 Å². The Bertz CT molecular complexity index is 717. The molecule has 1 heterocycles. The number of amides is 1. The molecule has 0 unspecified atom stereocenters. The Labute approximate surface area is 129 Å². The Kier molecular flexibility index (Phi) is 4.51. The average Bonchev–Trinajstić information content (AvgIpc) is 2.54. The minimum absolute atomic E-state index is 0.0442. The minimum Gasteiger partial charge on any atom is -0.353 e. The molecule has 1 aromatic carbocycles. The molecule has 22 heavy (non-hydrogen) atoms. The van der Waals surface area contributed by atoms with E-state index in [4.69, 9.17) is 0 Å². The predicted molar refractivity (Wildman–Crippen MR) is 85.7 cm³/mol. The summed E-state index contributed by atoms with van der Waals surface area (Å²) < 4.78 is 0. The number of benzene rings is 1. The Balaban J connectivity index is 1.61. The highest BCUT2D eigenvalue weighted by Crippen LogP contribution is 2.17. The largest absolute Gasteiger partial charge is 0.353 e. The van der Waals surface area contributed by atoms with E-state index >= 15 is 0 Å². The molecule has 2 aromatic rings. The summed E-state index contributed by atoms with van der Waals surface area (Å²) in [7, 11) is 0. The van der Waals surface area contributed by atoms with E-state index in [-0.39, 0.29) is 11.5 Å². The Morgan fingerprint density at radius 2 is 2.00 bits per heavy atom. The van der Waals surface area contributed by atoms with E-state index in [1.165, 1.54) is 19.3 Å². The molecule has 1 aliphatic carbocycles. The number of H-pyrrole nitrogens is 1. The van der Waals surface area contributed by atoms with Crippen LogP contribution in [0.1, 0.15) is 44.3 Å². The monoisotopic (exact) mass is 299 g/mol. The number of aryl methyl sites for hydroxylation is 1. The first-order chi connectivity index (χ1) is 10.7. The minimum atomic E-state index is -0.145. The highest BCUT2D eigenvalue weighted by molar-refractivity contribution is 5.78. The fourth-order valence-corrected chi connectivity index (χ4v) is 3.03. The molecule has 116 valence electrons. The Hall–Kier alpha value is -2.17. The molecule has 0 saturated heterocycles. The molecule has 1 aliphatic rings. The first kappa shape index (κ1) is 14.8. The highest BCUT2D eigenvalue weighted by Gasteiger charge is 2.15. The van der Waals surface area contributed by atoms with Crippen molar-refractivity contribution >= 4 is 16.8 Å². The Morgan fingerprint density at radius 3 is 2.82 bits per heavy atom. The van der Waals surface area contributed by atoms with Crippen molar-refractivity contribution in [2.24, 2.45) is 0 Å². The predicted octanol–water partition coefficient (Wildman–Crippen LogP) is 2.30. The van der Waals surface area contributed by atoms with Crippen molar-refractivity contribution in [1.29, 1.82) is 0 Å². The maximum atomic E-state index is 12.0. The number of aromatic nitrogens is 2. The summed E-state index contributed by atoms with van der Waals surface area (Å²) in [4.78, 5) is 31.1. The molecule has 0 radical (unpaired) electrons. The van der Waals surface area contributed by atoms with Crippen LogP contribution in [-0.2, 0) is 11.2 Å². The van der Waals surface area contributed by atoms with Crippen molar-refractivity contribution in [1.82, 2.24) is 15.3 Å². The zero-order valence-corrected chi connectivity index (χ0v) is 12.6. The maximum absolute atomic E-state index is 12.0. The molecule has 0 spiro atoms. The molecule has 2 N–H and O–H groups in total. The molecule has 1 aromatic heterocycles. The first-order valence-corrected chi connectivity index (χ1v) is 8.00. The number of nitrogens with one attached hydrogen (secondary N) is 2. The third-order valence-corrected chi connectivity index (χ3v) is 4.22. The molecule has 0 bridgehead atoms. The van der Waals surface area contributed by atoms with E-state index < -0.39 is 0 Å². The van der Waals surface area contributed by atoms with Crippen LogP contribution >= 0.6 is 0 Å². The standard InChI is InChI=1S/C17H21N3O2/c21-16(18-12-6-2-1-3-7-12)11-10-15-19-14-9-5-4-8-13(14)17(22)20-15/h4-5,8-9,12H,1-3,6-7,10-11H2,(H,18,21)(H,19,20,22). The van der Waals surface area contributed by atoms with Crippen LogP contribution in [0.2, 0.25) is 0 Å². The molecule has 0 atom stereocenters. The van der Waals surface area contributed by atoms with E-state index in [1.54, 1.807) is 6.07 Å². The molecule has 5 nitrogen and oxygen atoms in total. The van der Waals surface area contributed by atoms with Crippen molar-refractivity contribution in [3.05, 3.63) is 40.4 Å². The van der Waals surface area contributed by atoms with Gasteiger partial charge in [-0.1, -0.05) is 31.4 Å².